The van der Waals surface area contributed by atoms with E-state index in [1.54, 1.807) is 13.2 Å². The molecule has 0 bridgehead atoms. The highest BCUT2D eigenvalue weighted by molar-refractivity contribution is 5.82. The Labute approximate surface area is 158 Å². The Morgan fingerprint density at radius 2 is 1.81 bits per heavy atom. The summed E-state index contributed by atoms with van der Waals surface area (Å²) in [5.74, 6) is 0.730. The quantitative estimate of drug-likeness (QED) is 0.750. The van der Waals surface area contributed by atoms with Crippen LogP contribution in [-0.2, 0) is 13.1 Å². The number of aromatic nitrogens is 2. The van der Waals surface area contributed by atoms with Crippen molar-refractivity contribution in [1.29, 1.82) is 0 Å². The van der Waals surface area contributed by atoms with Gasteiger partial charge in [-0.1, -0.05) is 18.2 Å². The van der Waals surface area contributed by atoms with Crippen LogP contribution in [0.25, 0.3) is 10.9 Å². The van der Waals surface area contributed by atoms with Crippen LogP contribution in [0.3, 0.4) is 0 Å². The molecule has 1 N–H and O–H groups in total. The number of halogens is 1. The number of nitrogens with zero attached hydrogens (tertiary/aromatic N) is 3. The Morgan fingerprint density at radius 3 is 2.59 bits per heavy atom. The summed E-state index contributed by atoms with van der Waals surface area (Å²) in [5, 5.41) is 8.70. The number of rotatable bonds is 5. The summed E-state index contributed by atoms with van der Waals surface area (Å²) in [6.45, 7) is 5.41. The van der Waals surface area contributed by atoms with Gasteiger partial charge in [0, 0.05) is 37.1 Å². The monoisotopic (exact) mass is 368 g/mol. The number of aromatic amines is 1. The number of nitrogens with one attached hydrogen (secondary N) is 1. The van der Waals surface area contributed by atoms with Crippen molar-refractivity contribution < 1.29 is 9.13 Å². The molecule has 3 aromatic rings. The fraction of sp³-hybridized carbons (Fsp3) is 0.381. The summed E-state index contributed by atoms with van der Waals surface area (Å²) >= 11 is 0. The first-order valence-corrected chi connectivity index (χ1v) is 9.42. The van der Waals surface area contributed by atoms with E-state index < -0.39 is 0 Å². The number of ether oxygens (including phenoxy) is 1. The maximum absolute atomic E-state index is 13.9. The maximum atomic E-state index is 13.9. The van der Waals surface area contributed by atoms with E-state index in [9.17, 15) is 4.39 Å². The third-order valence-electron chi connectivity index (χ3n) is 5.25. The van der Waals surface area contributed by atoms with Crippen LogP contribution in [0.1, 0.15) is 17.7 Å². The molecule has 6 heteroatoms. The first-order valence-electron chi connectivity index (χ1n) is 9.42. The molecule has 4 rings (SSSR count). The molecule has 0 spiro atoms. The first-order chi connectivity index (χ1) is 13.2. The van der Waals surface area contributed by atoms with Gasteiger partial charge in [0.2, 0.25) is 0 Å². The van der Waals surface area contributed by atoms with Crippen LogP contribution in [0.4, 0.5) is 4.39 Å². The molecule has 0 atom stereocenters. The van der Waals surface area contributed by atoms with Gasteiger partial charge in [-0.3, -0.25) is 14.9 Å². The third-order valence-corrected chi connectivity index (χ3v) is 5.25. The summed E-state index contributed by atoms with van der Waals surface area (Å²) in [5.41, 5.74) is 2.85. The molecule has 1 aliphatic rings. The second-order valence-electron chi connectivity index (χ2n) is 7.08. The summed E-state index contributed by atoms with van der Waals surface area (Å²) in [7, 11) is 1.68. The zero-order chi connectivity index (χ0) is 18.6. The number of hydrogen-bond donors (Lipinski definition) is 1. The van der Waals surface area contributed by atoms with Crippen molar-refractivity contribution in [2.45, 2.75) is 19.5 Å². The average molecular weight is 368 g/mol. The lowest BCUT2D eigenvalue weighted by Gasteiger charge is -2.21. The zero-order valence-electron chi connectivity index (χ0n) is 15.6. The van der Waals surface area contributed by atoms with Gasteiger partial charge in [-0.2, -0.15) is 5.10 Å². The number of hydrogen-bond acceptors (Lipinski definition) is 4. The number of benzene rings is 2. The summed E-state index contributed by atoms with van der Waals surface area (Å²) in [4.78, 5) is 4.78. The lowest BCUT2D eigenvalue weighted by molar-refractivity contribution is 0.244. The summed E-state index contributed by atoms with van der Waals surface area (Å²) in [6.07, 6.45) is 1.07. The highest BCUT2D eigenvalue weighted by atomic mass is 19.1. The Bertz CT molecular complexity index is 910. The van der Waals surface area contributed by atoms with Gasteiger partial charge < -0.3 is 4.74 Å². The molecule has 0 aliphatic carbocycles. The van der Waals surface area contributed by atoms with Crippen LogP contribution in [-0.4, -0.2) is 53.3 Å². The van der Waals surface area contributed by atoms with Crippen molar-refractivity contribution >= 4 is 10.9 Å². The largest absolute Gasteiger partial charge is 0.497 e. The number of methoxy groups -OCH3 is 1. The molecule has 0 saturated carbocycles. The molecule has 0 unspecified atom stereocenters. The van der Waals surface area contributed by atoms with Gasteiger partial charge in [0.25, 0.3) is 0 Å². The van der Waals surface area contributed by atoms with Crippen LogP contribution in [0.15, 0.2) is 42.5 Å². The predicted molar refractivity (Wildman–Crippen MR) is 104 cm³/mol. The molecular formula is C21H25FN4O. The molecule has 0 amide bonds. The van der Waals surface area contributed by atoms with Gasteiger partial charge in [0.1, 0.15) is 11.6 Å². The van der Waals surface area contributed by atoms with Crippen LogP contribution in [0.5, 0.6) is 5.75 Å². The molecule has 2 aromatic carbocycles. The van der Waals surface area contributed by atoms with E-state index in [-0.39, 0.29) is 5.82 Å². The topological polar surface area (TPSA) is 44.4 Å². The molecule has 1 aromatic heterocycles. The van der Waals surface area contributed by atoms with Gasteiger partial charge in [-0.05, 0) is 43.8 Å². The third kappa shape index (κ3) is 4.12. The van der Waals surface area contributed by atoms with E-state index in [0.717, 1.165) is 67.1 Å². The standard InChI is InChI=1S/C21H25FN4O/c1-27-17-7-8-20-18(13-17)21(24-23-20)15-26-10-4-9-25(11-12-26)14-16-5-2-3-6-19(16)22/h2-3,5-8,13H,4,9-12,14-15H2,1H3,(H,23,24). The molecule has 1 aliphatic heterocycles. The normalized spacial score (nSPS) is 16.5. The minimum atomic E-state index is -0.114. The van der Waals surface area contributed by atoms with E-state index in [1.165, 1.54) is 6.07 Å². The van der Waals surface area contributed by atoms with Crippen LogP contribution >= 0.6 is 0 Å². The lowest BCUT2D eigenvalue weighted by atomic mass is 10.2. The minimum Gasteiger partial charge on any atom is -0.497 e. The van der Waals surface area contributed by atoms with E-state index in [2.05, 4.69) is 20.0 Å². The van der Waals surface area contributed by atoms with E-state index in [4.69, 9.17) is 4.74 Å². The molecule has 5 nitrogen and oxygen atoms in total. The smallest absolute Gasteiger partial charge is 0.127 e. The summed E-state index contributed by atoms with van der Waals surface area (Å²) < 4.78 is 19.3. The van der Waals surface area contributed by atoms with Gasteiger partial charge in [-0.15, -0.1) is 0 Å². The Balaban J connectivity index is 1.41. The Hall–Kier alpha value is -2.44. The first kappa shape index (κ1) is 17.9. The van der Waals surface area contributed by atoms with Crippen molar-refractivity contribution in [1.82, 2.24) is 20.0 Å². The summed E-state index contributed by atoms with van der Waals surface area (Å²) in [6, 6.07) is 13.0. The van der Waals surface area contributed by atoms with Crippen molar-refractivity contribution in [3.63, 3.8) is 0 Å². The van der Waals surface area contributed by atoms with Gasteiger partial charge >= 0.3 is 0 Å². The molecular weight excluding hydrogens is 343 g/mol. The van der Waals surface area contributed by atoms with E-state index in [0.29, 0.717) is 6.54 Å². The molecule has 1 saturated heterocycles. The van der Waals surface area contributed by atoms with Crippen molar-refractivity contribution in [2.75, 3.05) is 33.3 Å². The Kier molecular flexibility index (Phi) is 5.36. The second-order valence-corrected chi connectivity index (χ2v) is 7.08. The number of H-pyrrole nitrogens is 1. The van der Waals surface area contributed by atoms with Crippen molar-refractivity contribution in [3.8, 4) is 5.75 Å². The molecule has 1 fully saturated rings. The molecule has 0 radical (unpaired) electrons. The highest BCUT2D eigenvalue weighted by Gasteiger charge is 2.18. The molecule has 142 valence electrons. The van der Waals surface area contributed by atoms with Crippen molar-refractivity contribution in [2.24, 2.45) is 0 Å². The predicted octanol–water partition coefficient (Wildman–Crippen LogP) is 3.42. The van der Waals surface area contributed by atoms with E-state index >= 15 is 0 Å². The lowest BCUT2D eigenvalue weighted by Crippen LogP contribution is -2.30. The molecule has 2 heterocycles. The van der Waals surface area contributed by atoms with Crippen LogP contribution in [0.2, 0.25) is 0 Å². The second kappa shape index (κ2) is 8.06. The average Bonchev–Trinajstić information content (AvgIpc) is 2.95. The highest BCUT2D eigenvalue weighted by Crippen LogP contribution is 2.23. The van der Waals surface area contributed by atoms with Gasteiger partial charge in [0.15, 0.2) is 0 Å². The SMILES string of the molecule is COc1ccc2n[nH]c(CN3CCCN(Cc4ccccc4F)CC3)c2c1. The van der Waals surface area contributed by atoms with Crippen LogP contribution in [0, 0.1) is 5.82 Å². The Morgan fingerprint density at radius 1 is 1.04 bits per heavy atom. The fourth-order valence-corrected chi connectivity index (χ4v) is 3.72. The maximum Gasteiger partial charge on any atom is 0.127 e. The fourth-order valence-electron chi connectivity index (χ4n) is 3.72. The van der Waals surface area contributed by atoms with Gasteiger partial charge in [-0.25, -0.2) is 4.39 Å². The number of fused-ring (bicyclic) bond motifs is 1. The van der Waals surface area contributed by atoms with Crippen molar-refractivity contribution in [3.05, 3.63) is 59.5 Å². The van der Waals surface area contributed by atoms with Crippen LogP contribution < -0.4 is 4.74 Å². The molecule has 27 heavy (non-hydrogen) atoms. The zero-order valence-corrected chi connectivity index (χ0v) is 15.6. The van der Waals surface area contributed by atoms with Gasteiger partial charge in [0.05, 0.1) is 18.3 Å². The minimum absolute atomic E-state index is 0.114. The van der Waals surface area contributed by atoms with E-state index in [1.807, 2.05) is 30.3 Å².